The Labute approximate surface area is 148 Å². The van der Waals surface area contributed by atoms with E-state index < -0.39 is 11.0 Å². The average molecular weight is 338 g/mol. The van der Waals surface area contributed by atoms with Crippen LogP contribution in [0.5, 0.6) is 0 Å². The number of rotatable bonds is 3. The zero-order valence-corrected chi connectivity index (χ0v) is 15.1. The molecular weight excluding hydrogens is 312 g/mol. The Bertz CT molecular complexity index is 868. The number of aromatic amines is 1. The summed E-state index contributed by atoms with van der Waals surface area (Å²) in [5, 5.41) is 16.2. The Morgan fingerprint density at radius 3 is 2.76 bits per heavy atom. The van der Waals surface area contributed by atoms with E-state index in [1.165, 1.54) is 10.9 Å². The van der Waals surface area contributed by atoms with Crippen LogP contribution in [-0.2, 0) is 10.2 Å². The van der Waals surface area contributed by atoms with Crippen LogP contribution >= 0.6 is 0 Å². The first-order chi connectivity index (χ1) is 11.8. The monoisotopic (exact) mass is 338 g/mol. The highest BCUT2D eigenvalue weighted by atomic mass is 16.3. The number of carbonyl (C=O) groups is 1. The number of hydrogen-bond donors (Lipinski definition) is 3. The third-order valence-electron chi connectivity index (χ3n) is 7.14. The van der Waals surface area contributed by atoms with E-state index in [9.17, 15) is 9.90 Å². The molecule has 2 aliphatic carbocycles. The Hall–Kier alpha value is -2.07. The molecule has 1 aromatic heterocycles. The lowest BCUT2D eigenvalue weighted by molar-refractivity contribution is -0.121. The maximum atomic E-state index is 12.0. The molecule has 132 valence electrons. The van der Waals surface area contributed by atoms with Gasteiger partial charge >= 0.3 is 0 Å². The highest BCUT2D eigenvalue weighted by molar-refractivity contribution is 5.90. The van der Waals surface area contributed by atoms with Crippen molar-refractivity contribution in [1.29, 1.82) is 0 Å². The Morgan fingerprint density at radius 2 is 2.08 bits per heavy atom. The summed E-state index contributed by atoms with van der Waals surface area (Å²) in [6.07, 6.45) is 6.16. The lowest BCUT2D eigenvalue weighted by Gasteiger charge is -2.59. The number of aliphatic hydroxyl groups is 1. The van der Waals surface area contributed by atoms with Crippen LogP contribution < -0.4 is 5.32 Å². The molecule has 0 unspecified atom stereocenters. The Kier molecular flexibility index (Phi) is 3.27. The number of H-pyrrole nitrogens is 1. The van der Waals surface area contributed by atoms with Crippen molar-refractivity contribution in [3.05, 3.63) is 48.2 Å². The zero-order valence-electron chi connectivity index (χ0n) is 15.1. The molecule has 1 amide bonds. The van der Waals surface area contributed by atoms with Crippen LogP contribution in [0.2, 0.25) is 0 Å². The molecule has 1 fully saturated rings. The predicted molar refractivity (Wildman–Crippen MR) is 99.5 cm³/mol. The molecule has 0 bridgehead atoms. The first kappa shape index (κ1) is 16.4. The van der Waals surface area contributed by atoms with Gasteiger partial charge in [-0.15, -0.1) is 6.58 Å². The average Bonchev–Trinajstić information content (AvgIpc) is 3.01. The summed E-state index contributed by atoms with van der Waals surface area (Å²) >= 11 is 0. The predicted octanol–water partition coefficient (Wildman–Crippen LogP) is 3.37. The number of nitrogens with one attached hydrogen (secondary N) is 2. The zero-order chi connectivity index (χ0) is 18.0. The van der Waals surface area contributed by atoms with Gasteiger partial charge in [-0.3, -0.25) is 4.79 Å². The van der Waals surface area contributed by atoms with Gasteiger partial charge in [0.2, 0.25) is 6.41 Å². The van der Waals surface area contributed by atoms with E-state index in [0.29, 0.717) is 6.42 Å². The lowest BCUT2D eigenvalue weighted by Crippen LogP contribution is -2.65. The van der Waals surface area contributed by atoms with Gasteiger partial charge in [0.15, 0.2) is 0 Å². The van der Waals surface area contributed by atoms with Gasteiger partial charge in [0.1, 0.15) is 0 Å². The first-order valence-corrected chi connectivity index (χ1v) is 8.96. The molecular formula is C21H26N2O2. The van der Waals surface area contributed by atoms with E-state index >= 15 is 0 Å². The largest absolute Gasteiger partial charge is 0.388 e. The van der Waals surface area contributed by atoms with Gasteiger partial charge in [-0.2, -0.15) is 0 Å². The minimum absolute atomic E-state index is 0.187. The van der Waals surface area contributed by atoms with E-state index in [0.717, 1.165) is 23.9 Å². The highest BCUT2D eigenvalue weighted by Gasteiger charge is 2.62. The molecule has 2 aliphatic rings. The molecule has 2 aromatic rings. The van der Waals surface area contributed by atoms with Gasteiger partial charge in [0, 0.05) is 39.9 Å². The normalized spacial score (nSPS) is 35.8. The summed E-state index contributed by atoms with van der Waals surface area (Å²) in [5.41, 5.74) is 1.74. The molecule has 4 nitrogen and oxygen atoms in total. The molecule has 0 saturated heterocycles. The highest BCUT2D eigenvalue weighted by Crippen LogP contribution is 2.61. The molecule has 0 spiro atoms. The van der Waals surface area contributed by atoms with Crippen molar-refractivity contribution in [3.8, 4) is 0 Å². The number of fused-ring (bicyclic) bond motifs is 2. The number of hydrogen-bond acceptors (Lipinski definition) is 2. The molecule has 0 aliphatic heterocycles. The van der Waals surface area contributed by atoms with E-state index in [1.54, 1.807) is 0 Å². The minimum atomic E-state index is -0.931. The Morgan fingerprint density at radius 1 is 1.32 bits per heavy atom. The van der Waals surface area contributed by atoms with Crippen molar-refractivity contribution in [2.75, 3.05) is 0 Å². The fourth-order valence-corrected chi connectivity index (χ4v) is 5.36. The Balaban J connectivity index is 2.05. The maximum absolute atomic E-state index is 12.0. The summed E-state index contributed by atoms with van der Waals surface area (Å²) in [6.45, 7) is 10.4. The third-order valence-corrected chi connectivity index (χ3v) is 7.14. The number of carbonyl (C=O) groups excluding carboxylic acids is 1. The van der Waals surface area contributed by atoms with Crippen molar-refractivity contribution < 1.29 is 9.90 Å². The number of benzene rings is 1. The van der Waals surface area contributed by atoms with Crippen LogP contribution in [0.25, 0.3) is 10.9 Å². The summed E-state index contributed by atoms with van der Waals surface area (Å²) in [7, 11) is 0. The van der Waals surface area contributed by atoms with Crippen molar-refractivity contribution in [2.24, 2.45) is 5.41 Å². The second-order valence-electron chi connectivity index (χ2n) is 8.47. The topological polar surface area (TPSA) is 65.1 Å². The maximum Gasteiger partial charge on any atom is 0.207 e. The molecule has 4 rings (SSSR count). The van der Waals surface area contributed by atoms with E-state index in [4.69, 9.17) is 0 Å². The van der Waals surface area contributed by atoms with Crippen molar-refractivity contribution in [1.82, 2.24) is 10.3 Å². The molecule has 1 aromatic carbocycles. The van der Waals surface area contributed by atoms with Crippen LogP contribution in [0.15, 0.2) is 37.1 Å². The van der Waals surface area contributed by atoms with Crippen LogP contribution in [0.4, 0.5) is 0 Å². The van der Waals surface area contributed by atoms with Gasteiger partial charge in [-0.1, -0.05) is 39.0 Å². The minimum Gasteiger partial charge on any atom is -0.388 e. The summed E-state index contributed by atoms with van der Waals surface area (Å²) in [6, 6.07) is 6.03. The molecule has 1 heterocycles. The third kappa shape index (κ3) is 1.83. The second kappa shape index (κ2) is 4.98. The summed E-state index contributed by atoms with van der Waals surface area (Å²) in [5.74, 6) is -0.187. The lowest BCUT2D eigenvalue weighted by atomic mass is 9.48. The molecule has 25 heavy (non-hydrogen) atoms. The fourth-order valence-electron chi connectivity index (χ4n) is 5.36. The number of amides is 1. The molecule has 3 N–H and O–H groups in total. The molecule has 4 heteroatoms. The first-order valence-electron chi connectivity index (χ1n) is 8.96. The smallest absolute Gasteiger partial charge is 0.207 e. The molecule has 4 atom stereocenters. The van der Waals surface area contributed by atoms with Crippen LogP contribution in [0.3, 0.4) is 0 Å². The fraction of sp³-hybridized carbons (Fsp3) is 0.476. The van der Waals surface area contributed by atoms with Crippen molar-refractivity contribution in [3.63, 3.8) is 0 Å². The van der Waals surface area contributed by atoms with Crippen LogP contribution in [0.1, 0.15) is 50.7 Å². The van der Waals surface area contributed by atoms with Gasteiger partial charge in [-0.25, -0.2) is 0 Å². The molecule has 0 radical (unpaired) electrons. The SMILES string of the molecule is C=C[C@@]1(C)CC[C@@]2(O)[C@H](c3c[nH]c4cccc(c34)C2(C)C)[C@H]1NC=O. The van der Waals surface area contributed by atoms with Crippen molar-refractivity contribution in [2.45, 2.75) is 56.6 Å². The van der Waals surface area contributed by atoms with Crippen molar-refractivity contribution >= 4 is 17.3 Å². The van der Waals surface area contributed by atoms with Gasteiger partial charge in [0.25, 0.3) is 0 Å². The summed E-state index contributed by atoms with van der Waals surface area (Å²) in [4.78, 5) is 14.8. The summed E-state index contributed by atoms with van der Waals surface area (Å²) < 4.78 is 0. The van der Waals surface area contributed by atoms with E-state index in [-0.39, 0.29) is 17.4 Å². The van der Waals surface area contributed by atoms with Gasteiger partial charge in [0.05, 0.1) is 5.60 Å². The molecule has 1 saturated carbocycles. The second-order valence-corrected chi connectivity index (χ2v) is 8.47. The standard InChI is InChI=1S/C21H26N2O2/c1-5-20(4)9-10-21(25)17(18(20)23-12-24)13-11-22-15-8-6-7-14(16(13)15)19(21,2)3/h5-8,11-12,17-18,22,25H,1,9-10H2,2-4H3,(H,23,24)/t17-,18-,20+,21-/m1/s1. The van der Waals surface area contributed by atoms with Gasteiger partial charge < -0.3 is 15.4 Å². The van der Waals surface area contributed by atoms with E-state index in [2.05, 4.69) is 49.8 Å². The number of aromatic nitrogens is 1. The van der Waals surface area contributed by atoms with Gasteiger partial charge in [-0.05, 0) is 30.0 Å². The van der Waals surface area contributed by atoms with E-state index in [1.807, 2.05) is 18.3 Å². The quantitative estimate of drug-likeness (QED) is 0.593. The van der Waals surface area contributed by atoms with Crippen LogP contribution in [0, 0.1) is 5.41 Å². The van der Waals surface area contributed by atoms with Crippen LogP contribution in [-0.4, -0.2) is 28.1 Å².